The molecule has 0 aliphatic heterocycles. The third-order valence-corrected chi connectivity index (χ3v) is 3.29. The van der Waals surface area contributed by atoms with Gasteiger partial charge < -0.3 is 9.47 Å². The summed E-state index contributed by atoms with van der Waals surface area (Å²) in [6, 6.07) is 9.13. The largest absolute Gasteiger partial charge is 0.490 e. The normalized spacial score (nSPS) is 10.2. The summed E-state index contributed by atoms with van der Waals surface area (Å²) in [6.45, 7) is 0. The predicted molar refractivity (Wildman–Crippen MR) is 76.2 cm³/mol. The first-order valence-corrected chi connectivity index (χ1v) is 6.23. The average Bonchev–Trinajstić information content (AvgIpc) is 2.43. The molecule has 0 radical (unpaired) electrons. The van der Waals surface area contributed by atoms with E-state index >= 15 is 0 Å². The van der Waals surface area contributed by atoms with Gasteiger partial charge in [0.2, 0.25) is 5.75 Å². The molecule has 0 bridgehead atoms. The fourth-order valence-electron chi connectivity index (χ4n) is 1.56. The van der Waals surface area contributed by atoms with Crippen LogP contribution in [0.15, 0.2) is 36.4 Å². The number of methoxy groups -OCH3 is 1. The van der Waals surface area contributed by atoms with Crippen molar-refractivity contribution in [1.82, 2.24) is 0 Å². The third-order valence-electron chi connectivity index (χ3n) is 2.49. The zero-order chi connectivity index (χ0) is 14.7. The van der Waals surface area contributed by atoms with Gasteiger partial charge in [-0.25, -0.2) is 0 Å². The molecule has 0 heterocycles. The van der Waals surface area contributed by atoms with E-state index in [1.54, 1.807) is 18.2 Å². The maximum atomic E-state index is 10.8. The molecule has 0 saturated heterocycles. The fourth-order valence-corrected chi connectivity index (χ4v) is 1.89. The molecule has 0 aromatic heterocycles. The summed E-state index contributed by atoms with van der Waals surface area (Å²) < 4.78 is 10.5. The molecule has 20 heavy (non-hydrogen) atoms. The Balaban J connectivity index is 2.35. The monoisotopic (exact) mass is 313 g/mol. The molecule has 2 aromatic carbocycles. The number of nitro groups is 1. The van der Waals surface area contributed by atoms with Gasteiger partial charge in [-0.1, -0.05) is 29.3 Å². The lowest BCUT2D eigenvalue weighted by atomic mass is 10.2. The first kappa shape index (κ1) is 14.4. The highest BCUT2D eigenvalue weighted by molar-refractivity contribution is 6.42. The number of rotatable bonds is 4. The molecule has 2 aromatic rings. The Morgan fingerprint density at radius 1 is 1.15 bits per heavy atom. The quantitative estimate of drug-likeness (QED) is 0.606. The van der Waals surface area contributed by atoms with E-state index in [1.807, 2.05) is 0 Å². The van der Waals surface area contributed by atoms with Gasteiger partial charge in [0.25, 0.3) is 0 Å². The Morgan fingerprint density at radius 2 is 1.90 bits per heavy atom. The van der Waals surface area contributed by atoms with Crippen LogP contribution in [-0.4, -0.2) is 12.0 Å². The van der Waals surface area contributed by atoms with E-state index in [0.717, 1.165) is 0 Å². The average molecular weight is 314 g/mol. The number of ether oxygens (including phenoxy) is 2. The van der Waals surface area contributed by atoms with Crippen LogP contribution in [0.2, 0.25) is 10.0 Å². The van der Waals surface area contributed by atoms with Gasteiger partial charge >= 0.3 is 5.69 Å². The van der Waals surface area contributed by atoms with Gasteiger partial charge in [0.05, 0.1) is 17.1 Å². The van der Waals surface area contributed by atoms with E-state index in [1.165, 1.54) is 25.3 Å². The number of benzene rings is 2. The lowest BCUT2D eigenvalue weighted by Gasteiger charge is -2.09. The Bertz CT molecular complexity index is 661. The summed E-state index contributed by atoms with van der Waals surface area (Å²) in [6.07, 6.45) is 0. The van der Waals surface area contributed by atoms with Crippen LogP contribution in [0.4, 0.5) is 5.69 Å². The van der Waals surface area contributed by atoms with Crippen LogP contribution in [0.1, 0.15) is 0 Å². The Labute approximate surface area is 124 Å². The van der Waals surface area contributed by atoms with Crippen molar-refractivity contribution in [3.63, 3.8) is 0 Å². The molecule has 5 nitrogen and oxygen atoms in total. The van der Waals surface area contributed by atoms with Crippen LogP contribution >= 0.6 is 23.2 Å². The second kappa shape index (κ2) is 5.98. The molecular weight excluding hydrogens is 305 g/mol. The highest BCUT2D eigenvalue weighted by Gasteiger charge is 2.16. The lowest BCUT2D eigenvalue weighted by molar-refractivity contribution is -0.385. The van der Waals surface area contributed by atoms with Gasteiger partial charge in [0, 0.05) is 12.1 Å². The van der Waals surface area contributed by atoms with E-state index in [0.29, 0.717) is 16.5 Å². The molecule has 104 valence electrons. The molecule has 0 atom stereocenters. The number of hydrogen-bond donors (Lipinski definition) is 0. The van der Waals surface area contributed by atoms with Crippen LogP contribution in [-0.2, 0) is 0 Å². The Kier molecular flexibility index (Phi) is 4.32. The summed E-state index contributed by atoms with van der Waals surface area (Å²) >= 11 is 11.9. The van der Waals surface area contributed by atoms with Crippen molar-refractivity contribution in [3.8, 4) is 17.2 Å². The van der Waals surface area contributed by atoms with Crippen molar-refractivity contribution in [3.05, 3.63) is 56.6 Å². The topological polar surface area (TPSA) is 61.6 Å². The van der Waals surface area contributed by atoms with E-state index in [2.05, 4.69) is 0 Å². The summed E-state index contributed by atoms with van der Waals surface area (Å²) in [5, 5.41) is 11.4. The Morgan fingerprint density at radius 3 is 2.55 bits per heavy atom. The predicted octanol–water partition coefficient (Wildman–Crippen LogP) is 4.70. The molecule has 0 unspecified atom stereocenters. The minimum absolute atomic E-state index is 0.102. The summed E-state index contributed by atoms with van der Waals surface area (Å²) in [5.41, 5.74) is -0.142. The van der Waals surface area contributed by atoms with E-state index in [4.69, 9.17) is 32.7 Å². The number of nitro benzene ring substituents is 1. The van der Waals surface area contributed by atoms with Crippen LogP contribution in [0.3, 0.4) is 0 Å². The van der Waals surface area contributed by atoms with Gasteiger partial charge in [-0.3, -0.25) is 10.1 Å². The van der Waals surface area contributed by atoms with Crippen LogP contribution < -0.4 is 9.47 Å². The first-order valence-electron chi connectivity index (χ1n) is 5.47. The molecule has 0 spiro atoms. The van der Waals surface area contributed by atoms with Crippen LogP contribution in [0.25, 0.3) is 0 Å². The number of nitrogens with zero attached hydrogens (tertiary/aromatic N) is 1. The van der Waals surface area contributed by atoms with Crippen molar-refractivity contribution in [1.29, 1.82) is 0 Å². The van der Waals surface area contributed by atoms with Crippen LogP contribution in [0, 0.1) is 10.1 Å². The maximum absolute atomic E-state index is 10.8. The minimum atomic E-state index is -0.533. The molecule has 0 fully saturated rings. The van der Waals surface area contributed by atoms with E-state index in [9.17, 15) is 10.1 Å². The second-order valence-corrected chi connectivity index (χ2v) is 4.53. The third kappa shape index (κ3) is 2.95. The first-order chi connectivity index (χ1) is 9.52. The van der Waals surface area contributed by atoms with E-state index in [-0.39, 0.29) is 16.5 Å². The molecule has 0 saturated carbocycles. The molecule has 0 aliphatic rings. The minimum Gasteiger partial charge on any atom is -0.490 e. The lowest BCUT2D eigenvalue weighted by Crippen LogP contribution is -1.94. The Hall–Kier alpha value is -1.98. The van der Waals surface area contributed by atoms with Crippen molar-refractivity contribution in [2.45, 2.75) is 0 Å². The van der Waals surface area contributed by atoms with Crippen molar-refractivity contribution in [2.75, 3.05) is 7.11 Å². The zero-order valence-corrected chi connectivity index (χ0v) is 11.8. The summed E-state index contributed by atoms with van der Waals surface area (Å²) in [4.78, 5) is 10.3. The zero-order valence-electron chi connectivity index (χ0n) is 10.3. The SMILES string of the molecule is COc1cc(Oc2cccc(Cl)c2Cl)ccc1[N+](=O)[O-]. The van der Waals surface area contributed by atoms with Crippen LogP contribution in [0.5, 0.6) is 17.2 Å². The second-order valence-electron chi connectivity index (χ2n) is 3.74. The van der Waals surface area contributed by atoms with Crippen molar-refractivity contribution < 1.29 is 14.4 Å². The van der Waals surface area contributed by atoms with Gasteiger partial charge in [0.1, 0.15) is 16.5 Å². The van der Waals surface area contributed by atoms with Gasteiger partial charge in [-0.2, -0.15) is 0 Å². The van der Waals surface area contributed by atoms with Gasteiger partial charge in [-0.05, 0) is 18.2 Å². The number of halogens is 2. The van der Waals surface area contributed by atoms with Crippen molar-refractivity contribution >= 4 is 28.9 Å². The molecule has 2 rings (SSSR count). The molecule has 0 aliphatic carbocycles. The summed E-state index contributed by atoms with van der Waals surface area (Å²) in [7, 11) is 1.35. The smallest absolute Gasteiger partial charge is 0.311 e. The maximum Gasteiger partial charge on any atom is 0.311 e. The fraction of sp³-hybridized carbons (Fsp3) is 0.0769. The molecule has 7 heteroatoms. The number of hydrogen-bond acceptors (Lipinski definition) is 4. The molecule has 0 N–H and O–H groups in total. The van der Waals surface area contributed by atoms with Gasteiger partial charge in [0.15, 0.2) is 0 Å². The van der Waals surface area contributed by atoms with Crippen molar-refractivity contribution in [2.24, 2.45) is 0 Å². The highest BCUT2D eigenvalue weighted by atomic mass is 35.5. The highest BCUT2D eigenvalue weighted by Crippen LogP contribution is 2.37. The molecule has 0 amide bonds. The standard InChI is InChI=1S/C13H9Cl2NO4/c1-19-12-7-8(5-6-10(12)16(17)18)20-11-4-2-3-9(14)13(11)15/h2-7H,1H3. The molecular formula is C13H9Cl2NO4. The van der Waals surface area contributed by atoms with Gasteiger partial charge in [-0.15, -0.1) is 0 Å². The summed E-state index contributed by atoms with van der Waals surface area (Å²) in [5.74, 6) is 0.817. The van der Waals surface area contributed by atoms with E-state index < -0.39 is 4.92 Å².